The zero-order valence-corrected chi connectivity index (χ0v) is 18.4. The van der Waals surface area contributed by atoms with E-state index in [9.17, 15) is 4.79 Å². The van der Waals surface area contributed by atoms with Gasteiger partial charge >= 0.3 is 5.97 Å². The van der Waals surface area contributed by atoms with Crippen molar-refractivity contribution in [1.29, 1.82) is 0 Å². The second-order valence-electron chi connectivity index (χ2n) is 8.08. The summed E-state index contributed by atoms with van der Waals surface area (Å²) in [5, 5.41) is 12.3. The predicted molar refractivity (Wildman–Crippen MR) is 126 cm³/mol. The second-order valence-corrected chi connectivity index (χ2v) is 8.96. The monoisotopic (exact) mass is 433 g/mol. The number of hydrogen-bond acceptors (Lipinski definition) is 5. The summed E-state index contributed by atoms with van der Waals surface area (Å²) in [7, 11) is 0. The Kier molecular flexibility index (Phi) is 6.87. The van der Waals surface area contributed by atoms with E-state index in [-0.39, 0.29) is 0 Å². The Morgan fingerprint density at radius 1 is 1.00 bits per heavy atom. The molecule has 31 heavy (non-hydrogen) atoms. The van der Waals surface area contributed by atoms with E-state index in [1.165, 1.54) is 5.56 Å². The highest BCUT2D eigenvalue weighted by molar-refractivity contribution is 7.98. The Balaban J connectivity index is 1.36. The number of benzene rings is 1. The molecule has 0 unspecified atom stereocenters. The SMILES string of the molecule is CSc1ccc(Nc2ccc(-c3ccc(C4CCC(CC(=O)O)CC4)cc3)nc2)nc1. The van der Waals surface area contributed by atoms with Gasteiger partial charge in [0, 0.05) is 23.1 Å². The van der Waals surface area contributed by atoms with E-state index in [1.54, 1.807) is 11.8 Å². The zero-order chi connectivity index (χ0) is 21.6. The number of pyridine rings is 2. The van der Waals surface area contributed by atoms with E-state index in [2.05, 4.69) is 39.6 Å². The zero-order valence-electron chi connectivity index (χ0n) is 17.6. The lowest BCUT2D eigenvalue weighted by Crippen LogP contribution is -2.16. The first kappa shape index (κ1) is 21.4. The van der Waals surface area contributed by atoms with E-state index in [0.29, 0.717) is 18.3 Å². The van der Waals surface area contributed by atoms with Crippen LogP contribution in [0.1, 0.15) is 43.6 Å². The van der Waals surface area contributed by atoms with Crippen LogP contribution in [0.15, 0.2) is 65.8 Å². The molecule has 4 rings (SSSR count). The van der Waals surface area contributed by atoms with Gasteiger partial charge in [-0.15, -0.1) is 11.8 Å². The Labute approximate surface area is 187 Å². The van der Waals surface area contributed by atoms with Crippen molar-refractivity contribution in [3.63, 3.8) is 0 Å². The van der Waals surface area contributed by atoms with Gasteiger partial charge in [-0.1, -0.05) is 24.3 Å². The number of anilines is 2. The molecule has 160 valence electrons. The Hall–Kier alpha value is -2.86. The molecule has 0 radical (unpaired) electrons. The maximum atomic E-state index is 10.9. The minimum Gasteiger partial charge on any atom is -0.481 e. The van der Waals surface area contributed by atoms with Crippen LogP contribution in [0, 0.1) is 5.92 Å². The van der Waals surface area contributed by atoms with Crippen molar-refractivity contribution >= 4 is 29.2 Å². The number of aliphatic carboxylic acids is 1. The molecule has 2 heterocycles. The number of carboxylic acid groups (broad SMARTS) is 1. The van der Waals surface area contributed by atoms with Gasteiger partial charge in [0.1, 0.15) is 5.82 Å². The van der Waals surface area contributed by atoms with E-state index < -0.39 is 5.97 Å². The van der Waals surface area contributed by atoms with Crippen LogP contribution in [0.5, 0.6) is 0 Å². The minimum absolute atomic E-state index is 0.307. The molecule has 1 fully saturated rings. The summed E-state index contributed by atoms with van der Waals surface area (Å²) in [5.74, 6) is 0.993. The van der Waals surface area contributed by atoms with Crippen LogP contribution < -0.4 is 5.32 Å². The van der Waals surface area contributed by atoms with Crippen LogP contribution in [-0.4, -0.2) is 27.3 Å². The molecule has 5 nitrogen and oxygen atoms in total. The van der Waals surface area contributed by atoms with Gasteiger partial charge in [-0.2, -0.15) is 0 Å². The maximum absolute atomic E-state index is 10.9. The smallest absolute Gasteiger partial charge is 0.303 e. The van der Waals surface area contributed by atoms with Crippen LogP contribution in [0.3, 0.4) is 0 Å². The third-order valence-corrected chi connectivity index (χ3v) is 6.71. The summed E-state index contributed by atoms with van der Waals surface area (Å²) in [6, 6.07) is 16.7. The molecule has 3 aromatic rings. The number of carbonyl (C=O) groups is 1. The summed E-state index contributed by atoms with van der Waals surface area (Å²) in [6.07, 6.45) is 10.2. The van der Waals surface area contributed by atoms with Gasteiger partial charge in [0.15, 0.2) is 0 Å². The molecule has 1 aliphatic carbocycles. The van der Waals surface area contributed by atoms with Gasteiger partial charge < -0.3 is 10.4 Å². The van der Waals surface area contributed by atoms with Gasteiger partial charge in [0.25, 0.3) is 0 Å². The summed E-state index contributed by atoms with van der Waals surface area (Å²) in [4.78, 5) is 21.1. The summed E-state index contributed by atoms with van der Waals surface area (Å²) in [5.41, 5.74) is 4.28. The van der Waals surface area contributed by atoms with Crippen LogP contribution in [-0.2, 0) is 4.79 Å². The molecule has 6 heteroatoms. The second kappa shape index (κ2) is 9.96. The van der Waals surface area contributed by atoms with E-state index in [1.807, 2.05) is 42.9 Å². The number of nitrogens with one attached hydrogen (secondary N) is 1. The average molecular weight is 434 g/mol. The normalized spacial score (nSPS) is 18.5. The fourth-order valence-corrected chi connectivity index (χ4v) is 4.60. The van der Waals surface area contributed by atoms with Crippen molar-refractivity contribution in [3.05, 3.63) is 66.5 Å². The standard InChI is InChI=1S/C25H27N3O2S/c1-31-22-11-13-24(27-16-22)28-21-10-12-23(26-15-21)20-8-6-19(7-9-20)18-4-2-17(3-5-18)14-25(29)30/h6-13,15-18H,2-5,14H2,1H3,(H,27,28)(H,29,30). The molecule has 0 aliphatic heterocycles. The Bertz CT molecular complexity index is 996. The topological polar surface area (TPSA) is 75.1 Å². The third-order valence-electron chi connectivity index (χ3n) is 6.00. The van der Waals surface area contributed by atoms with Crippen molar-refractivity contribution in [2.24, 2.45) is 5.92 Å². The van der Waals surface area contributed by atoms with E-state index in [0.717, 1.165) is 53.3 Å². The molecule has 2 aromatic heterocycles. The highest BCUT2D eigenvalue weighted by Crippen LogP contribution is 2.37. The Morgan fingerprint density at radius 2 is 1.77 bits per heavy atom. The third kappa shape index (κ3) is 5.64. The molecule has 1 aliphatic rings. The average Bonchev–Trinajstić information content (AvgIpc) is 2.80. The van der Waals surface area contributed by atoms with Crippen molar-refractivity contribution in [3.8, 4) is 11.3 Å². The largest absolute Gasteiger partial charge is 0.481 e. The summed E-state index contributed by atoms with van der Waals surface area (Å²) < 4.78 is 0. The highest BCUT2D eigenvalue weighted by atomic mass is 32.2. The first-order chi connectivity index (χ1) is 15.1. The van der Waals surface area contributed by atoms with Crippen LogP contribution in [0.25, 0.3) is 11.3 Å². The number of thioether (sulfide) groups is 1. The van der Waals surface area contributed by atoms with Gasteiger partial charge in [0.05, 0.1) is 17.6 Å². The fraction of sp³-hybridized carbons (Fsp3) is 0.320. The fourth-order valence-electron chi connectivity index (χ4n) is 4.23. The maximum Gasteiger partial charge on any atom is 0.303 e. The van der Waals surface area contributed by atoms with Gasteiger partial charge in [-0.25, -0.2) is 4.98 Å². The number of rotatable bonds is 7. The predicted octanol–water partition coefficient (Wildman–Crippen LogP) is 6.36. The van der Waals surface area contributed by atoms with E-state index in [4.69, 9.17) is 5.11 Å². The van der Waals surface area contributed by atoms with Crippen molar-refractivity contribution in [2.45, 2.75) is 42.9 Å². The number of nitrogens with zero attached hydrogens (tertiary/aromatic N) is 2. The van der Waals surface area contributed by atoms with Gasteiger partial charge in [-0.05, 0) is 73.6 Å². The minimum atomic E-state index is -0.675. The number of hydrogen-bond donors (Lipinski definition) is 2. The molecule has 0 amide bonds. The lowest BCUT2D eigenvalue weighted by Gasteiger charge is -2.28. The van der Waals surface area contributed by atoms with Crippen LogP contribution >= 0.6 is 11.8 Å². The molecule has 1 saturated carbocycles. The Morgan fingerprint density at radius 3 is 2.35 bits per heavy atom. The van der Waals surface area contributed by atoms with Crippen molar-refractivity contribution in [1.82, 2.24) is 9.97 Å². The molecular formula is C25H27N3O2S. The lowest BCUT2D eigenvalue weighted by molar-refractivity contribution is -0.138. The molecule has 2 N–H and O–H groups in total. The quantitative estimate of drug-likeness (QED) is 0.422. The molecule has 0 atom stereocenters. The van der Waals surface area contributed by atoms with Crippen molar-refractivity contribution < 1.29 is 9.90 Å². The summed E-state index contributed by atoms with van der Waals surface area (Å²) >= 11 is 1.67. The van der Waals surface area contributed by atoms with Gasteiger partial charge in [-0.3, -0.25) is 9.78 Å². The lowest BCUT2D eigenvalue weighted by atomic mass is 9.77. The molecule has 1 aromatic carbocycles. The van der Waals surface area contributed by atoms with Crippen molar-refractivity contribution in [2.75, 3.05) is 11.6 Å². The molecule has 0 spiro atoms. The number of aromatic nitrogens is 2. The molecular weight excluding hydrogens is 406 g/mol. The molecule has 0 bridgehead atoms. The number of carboxylic acids is 1. The summed E-state index contributed by atoms with van der Waals surface area (Å²) in [6.45, 7) is 0. The molecule has 0 saturated heterocycles. The first-order valence-corrected chi connectivity index (χ1v) is 11.9. The van der Waals surface area contributed by atoms with E-state index >= 15 is 0 Å². The van der Waals surface area contributed by atoms with Gasteiger partial charge in [0.2, 0.25) is 0 Å². The first-order valence-electron chi connectivity index (χ1n) is 10.7. The highest BCUT2D eigenvalue weighted by Gasteiger charge is 2.23. The van der Waals surface area contributed by atoms with Crippen LogP contribution in [0.4, 0.5) is 11.5 Å². The van der Waals surface area contributed by atoms with Crippen LogP contribution in [0.2, 0.25) is 0 Å².